The summed E-state index contributed by atoms with van der Waals surface area (Å²) in [5.41, 5.74) is 0. The van der Waals surface area contributed by atoms with Crippen LogP contribution in [0.3, 0.4) is 0 Å². The first-order valence-electron chi connectivity index (χ1n) is 7.87. The molecule has 1 fully saturated rings. The molecule has 1 heterocycles. The Morgan fingerprint density at radius 1 is 1.32 bits per heavy atom. The number of benzene rings is 1. The Labute approximate surface area is 135 Å². The minimum atomic E-state index is -0.685. The number of hydrogen-bond acceptors (Lipinski definition) is 3. The number of ether oxygens (including phenoxy) is 1. The largest absolute Gasteiger partial charge is 0.494 e. The van der Waals surface area contributed by atoms with E-state index in [1.807, 2.05) is 49.2 Å². The van der Waals surface area contributed by atoms with Gasteiger partial charge in [0.1, 0.15) is 5.75 Å². The lowest BCUT2D eigenvalue weighted by Crippen LogP contribution is -2.43. The van der Waals surface area contributed by atoms with E-state index in [1.165, 1.54) is 0 Å². The third kappa shape index (κ3) is 4.83. The Bertz CT molecular complexity index is 496. The Morgan fingerprint density at radius 3 is 2.59 bits per heavy atom. The molecule has 1 saturated heterocycles. The van der Waals surface area contributed by atoms with Gasteiger partial charge >= 0.3 is 0 Å². The number of hydrogen-bond donors (Lipinski definition) is 0. The van der Waals surface area contributed by atoms with Gasteiger partial charge in [0.2, 0.25) is 5.91 Å². The van der Waals surface area contributed by atoms with Crippen molar-refractivity contribution in [1.82, 2.24) is 4.90 Å². The normalized spacial score (nSPS) is 22.8. The van der Waals surface area contributed by atoms with Crippen LogP contribution >= 0.6 is 0 Å². The first-order valence-corrected chi connectivity index (χ1v) is 9.36. The molecule has 1 aromatic rings. The fourth-order valence-electron chi connectivity index (χ4n) is 2.69. The van der Waals surface area contributed by atoms with Gasteiger partial charge in [-0.25, -0.2) is 0 Å². The van der Waals surface area contributed by atoms with E-state index in [2.05, 4.69) is 0 Å². The molecule has 22 heavy (non-hydrogen) atoms. The van der Waals surface area contributed by atoms with Crippen LogP contribution in [-0.2, 0) is 15.6 Å². The monoisotopic (exact) mass is 323 g/mol. The van der Waals surface area contributed by atoms with Crippen molar-refractivity contribution in [3.63, 3.8) is 0 Å². The van der Waals surface area contributed by atoms with Crippen LogP contribution < -0.4 is 4.74 Å². The Balaban J connectivity index is 1.75. The molecule has 0 bridgehead atoms. The first-order chi connectivity index (χ1) is 10.6. The van der Waals surface area contributed by atoms with Crippen LogP contribution in [0.15, 0.2) is 30.3 Å². The number of amides is 1. The lowest BCUT2D eigenvalue weighted by atomic mass is 10.0. The fraction of sp³-hybridized carbons (Fsp3) is 0.588. The molecule has 5 heteroatoms. The smallest absolute Gasteiger partial charge is 0.225 e. The van der Waals surface area contributed by atoms with Crippen molar-refractivity contribution in [3.05, 3.63) is 30.3 Å². The van der Waals surface area contributed by atoms with Gasteiger partial charge in [0.05, 0.1) is 6.61 Å². The summed E-state index contributed by atoms with van der Waals surface area (Å²) < 4.78 is 17.1. The molecule has 2 rings (SSSR count). The number of carbonyl (C=O) groups is 1. The standard InChI is InChI=1S/C17H25NO3S/c1-14(8-11-21-16-6-4-3-5-7-16)17(19)18(2)15-9-12-22(20)13-10-15/h3-7,14-15H,8-13H2,1-2H3/t14-,15?,22?/m1/s1. The Morgan fingerprint density at radius 2 is 1.95 bits per heavy atom. The van der Waals surface area contributed by atoms with Crippen LogP contribution in [0.2, 0.25) is 0 Å². The SMILES string of the molecule is C[C@H](CCOc1ccccc1)C(=O)N(C)C1CCS(=O)CC1. The zero-order valence-electron chi connectivity index (χ0n) is 13.4. The molecular weight excluding hydrogens is 298 g/mol. The summed E-state index contributed by atoms with van der Waals surface area (Å²) in [6.45, 7) is 2.49. The zero-order valence-corrected chi connectivity index (χ0v) is 14.2. The van der Waals surface area contributed by atoms with Gasteiger partial charge in [-0.15, -0.1) is 0 Å². The van der Waals surface area contributed by atoms with E-state index in [9.17, 15) is 9.00 Å². The molecular formula is C17H25NO3S. The van der Waals surface area contributed by atoms with E-state index in [4.69, 9.17) is 4.74 Å². The van der Waals surface area contributed by atoms with Gasteiger partial charge in [-0.3, -0.25) is 9.00 Å². The molecule has 0 aromatic heterocycles. The third-order valence-corrected chi connectivity index (χ3v) is 5.62. The molecule has 4 nitrogen and oxygen atoms in total. The summed E-state index contributed by atoms with van der Waals surface area (Å²) in [6, 6.07) is 9.89. The Hall–Kier alpha value is -1.36. The highest BCUT2D eigenvalue weighted by Gasteiger charge is 2.27. The maximum absolute atomic E-state index is 12.5. The minimum absolute atomic E-state index is 0.0545. The van der Waals surface area contributed by atoms with Crippen LogP contribution in [-0.4, -0.2) is 46.2 Å². The summed E-state index contributed by atoms with van der Waals surface area (Å²) in [7, 11) is 1.19. The van der Waals surface area contributed by atoms with Gasteiger partial charge in [0.15, 0.2) is 0 Å². The summed E-state index contributed by atoms with van der Waals surface area (Å²) in [5, 5.41) is 0. The van der Waals surface area contributed by atoms with E-state index in [0.29, 0.717) is 24.5 Å². The highest BCUT2D eigenvalue weighted by Crippen LogP contribution is 2.18. The van der Waals surface area contributed by atoms with E-state index < -0.39 is 10.8 Å². The molecule has 0 N–H and O–H groups in total. The lowest BCUT2D eigenvalue weighted by Gasteiger charge is -2.32. The van der Waals surface area contributed by atoms with Gasteiger partial charge in [-0.2, -0.15) is 0 Å². The molecule has 122 valence electrons. The topological polar surface area (TPSA) is 46.6 Å². The molecule has 0 saturated carbocycles. The Kier molecular flexibility index (Phi) is 6.43. The fourth-order valence-corrected chi connectivity index (χ4v) is 3.96. The van der Waals surface area contributed by atoms with Crippen molar-refractivity contribution >= 4 is 16.7 Å². The van der Waals surface area contributed by atoms with E-state index in [0.717, 1.165) is 18.6 Å². The van der Waals surface area contributed by atoms with E-state index in [1.54, 1.807) is 0 Å². The van der Waals surface area contributed by atoms with Gasteiger partial charge in [0, 0.05) is 41.3 Å². The van der Waals surface area contributed by atoms with Gasteiger partial charge < -0.3 is 9.64 Å². The molecule has 0 spiro atoms. The van der Waals surface area contributed by atoms with E-state index in [-0.39, 0.29) is 17.9 Å². The van der Waals surface area contributed by atoms with Crippen molar-refractivity contribution in [1.29, 1.82) is 0 Å². The van der Waals surface area contributed by atoms with E-state index >= 15 is 0 Å². The summed E-state index contributed by atoms with van der Waals surface area (Å²) in [6.07, 6.45) is 2.40. The second-order valence-electron chi connectivity index (χ2n) is 5.88. The minimum Gasteiger partial charge on any atom is -0.494 e. The van der Waals surface area contributed by atoms with Crippen LogP contribution in [0.5, 0.6) is 5.75 Å². The average molecular weight is 323 g/mol. The maximum Gasteiger partial charge on any atom is 0.225 e. The maximum atomic E-state index is 12.5. The van der Waals surface area contributed by atoms with Crippen molar-refractivity contribution in [3.8, 4) is 5.75 Å². The predicted molar refractivity (Wildman–Crippen MR) is 89.4 cm³/mol. The van der Waals surface area contributed by atoms with Crippen LogP contribution in [0.1, 0.15) is 26.2 Å². The van der Waals surface area contributed by atoms with Crippen LogP contribution in [0, 0.1) is 5.92 Å². The van der Waals surface area contributed by atoms with Crippen LogP contribution in [0.25, 0.3) is 0 Å². The molecule has 0 radical (unpaired) electrons. The predicted octanol–water partition coefficient (Wildman–Crippen LogP) is 2.46. The second kappa shape index (κ2) is 8.32. The molecule has 1 aliphatic rings. The number of para-hydroxylation sites is 1. The summed E-state index contributed by atoms with van der Waals surface area (Å²) >= 11 is 0. The number of nitrogens with zero attached hydrogens (tertiary/aromatic N) is 1. The molecule has 1 amide bonds. The molecule has 1 atom stereocenters. The van der Waals surface area contributed by atoms with Crippen molar-refractivity contribution in [2.24, 2.45) is 5.92 Å². The highest BCUT2D eigenvalue weighted by atomic mass is 32.2. The highest BCUT2D eigenvalue weighted by molar-refractivity contribution is 7.85. The summed E-state index contributed by atoms with van der Waals surface area (Å²) in [4.78, 5) is 14.3. The molecule has 0 unspecified atom stereocenters. The molecule has 1 aromatic carbocycles. The molecule has 1 aliphatic heterocycles. The first kappa shape index (κ1) is 17.0. The average Bonchev–Trinajstić information content (AvgIpc) is 2.55. The zero-order chi connectivity index (χ0) is 15.9. The number of carbonyl (C=O) groups excluding carboxylic acids is 1. The lowest BCUT2D eigenvalue weighted by molar-refractivity contribution is -0.136. The summed E-state index contributed by atoms with van der Waals surface area (Å²) in [5.74, 6) is 2.38. The second-order valence-corrected chi connectivity index (χ2v) is 7.58. The van der Waals surface area contributed by atoms with Crippen molar-refractivity contribution < 1.29 is 13.7 Å². The molecule has 0 aliphatic carbocycles. The van der Waals surface area contributed by atoms with Crippen molar-refractivity contribution in [2.45, 2.75) is 32.2 Å². The quantitative estimate of drug-likeness (QED) is 0.808. The van der Waals surface area contributed by atoms with Gasteiger partial charge in [-0.05, 0) is 31.4 Å². The van der Waals surface area contributed by atoms with Crippen LogP contribution in [0.4, 0.5) is 0 Å². The number of rotatable bonds is 6. The third-order valence-electron chi connectivity index (χ3n) is 4.24. The van der Waals surface area contributed by atoms with Gasteiger partial charge in [0.25, 0.3) is 0 Å². The van der Waals surface area contributed by atoms with Gasteiger partial charge in [-0.1, -0.05) is 25.1 Å². The van der Waals surface area contributed by atoms with Crippen molar-refractivity contribution in [2.75, 3.05) is 25.2 Å².